The van der Waals surface area contributed by atoms with Crippen molar-refractivity contribution in [2.45, 2.75) is 57.2 Å². The molecule has 1 aliphatic heterocycles. The van der Waals surface area contributed by atoms with Crippen molar-refractivity contribution in [1.29, 1.82) is 0 Å². The number of ether oxygens (including phenoxy) is 1. The van der Waals surface area contributed by atoms with Crippen LogP contribution in [0.4, 0.5) is 4.79 Å². The molecule has 1 saturated heterocycles. The lowest BCUT2D eigenvalue weighted by molar-refractivity contribution is -0.154. The van der Waals surface area contributed by atoms with E-state index in [1.165, 1.54) is 4.90 Å². The number of rotatable bonds is 4. The van der Waals surface area contributed by atoms with E-state index < -0.39 is 29.2 Å². The summed E-state index contributed by atoms with van der Waals surface area (Å²) in [5, 5.41) is 13.7. The van der Waals surface area contributed by atoms with Crippen LogP contribution in [0.5, 0.6) is 0 Å². The molecule has 0 radical (unpaired) electrons. The Morgan fingerprint density at radius 1 is 1.38 bits per heavy atom. The molecule has 0 aliphatic carbocycles. The van der Waals surface area contributed by atoms with Gasteiger partial charge in [-0.25, -0.2) is 9.59 Å². The van der Waals surface area contributed by atoms with Crippen LogP contribution in [0.15, 0.2) is 35.4 Å². The van der Waals surface area contributed by atoms with E-state index in [4.69, 9.17) is 10.3 Å². The Morgan fingerprint density at radius 2 is 2.04 bits per heavy atom. The predicted molar refractivity (Wildman–Crippen MR) is 95.6 cm³/mol. The van der Waals surface area contributed by atoms with Crippen LogP contribution in [0.1, 0.15) is 39.2 Å². The minimum Gasteiger partial charge on any atom is -0.479 e. The normalized spacial score (nSPS) is 23.0. The van der Waals surface area contributed by atoms with Crippen molar-refractivity contribution in [2.24, 2.45) is 5.11 Å². The summed E-state index contributed by atoms with van der Waals surface area (Å²) in [6.07, 6.45) is 0.0160. The molecular weight excluding hydrogens is 336 g/mol. The van der Waals surface area contributed by atoms with Gasteiger partial charge in [0.25, 0.3) is 0 Å². The van der Waals surface area contributed by atoms with E-state index in [1.54, 1.807) is 20.8 Å². The van der Waals surface area contributed by atoms with Gasteiger partial charge in [0.2, 0.25) is 0 Å². The zero-order valence-electron chi connectivity index (χ0n) is 15.3. The van der Waals surface area contributed by atoms with Crippen molar-refractivity contribution in [3.05, 3.63) is 46.3 Å². The molecule has 0 aromatic heterocycles. The Morgan fingerprint density at radius 3 is 2.58 bits per heavy atom. The van der Waals surface area contributed by atoms with E-state index >= 15 is 0 Å². The average molecular weight is 360 g/mol. The van der Waals surface area contributed by atoms with Crippen molar-refractivity contribution < 1.29 is 19.4 Å². The molecule has 0 spiro atoms. The van der Waals surface area contributed by atoms with Gasteiger partial charge in [0, 0.05) is 17.9 Å². The number of amides is 1. The number of benzene rings is 1. The number of hydrogen-bond donors (Lipinski definition) is 1. The van der Waals surface area contributed by atoms with Gasteiger partial charge in [0.1, 0.15) is 11.1 Å². The van der Waals surface area contributed by atoms with Gasteiger partial charge in [-0.05, 0) is 44.7 Å². The highest BCUT2D eigenvalue weighted by Crippen LogP contribution is 2.34. The molecule has 8 heteroatoms. The number of azide groups is 1. The molecule has 2 unspecified atom stereocenters. The van der Waals surface area contributed by atoms with Crippen LogP contribution in [0.2, 0.25) is 0 Å². The van der Waals surface area contributed by atoms with E-state index in [1.807, 2.05) is 30.3 Å². The number of likely N-dealkylation sites (tertiary alicyclic amines) is 1. The topological polar surface area (TPSA) is 116 Å². The summed E-state index contributed by atoms with van der Waals surface area (Å²) in [6, 6.07) is 8.69. The fourth-order valence-electron chi connectivity index (χ4n) is 3.17. The van der Waals surface area contributed by atoms with Gasteiger partial charge in [-0.2, -0.15) is 0 Å². The van der Waals surface area contributed by atoms with Gasteiger partial charge in [-0.3, -0.25) is 4.90 Å². The maximum absolute atomic E-state index is 12.8. The van der Waals surface area contributed by atoms with E-state index in [-0.39, 0.29) is 19.4 Å². The Labute approximate surface area is 152 Å². The lowest BCUT2D eigenvalue weighted by Crippen LogP contribution is -2.63. The van der Waals surface area contributed by atoms with E-state index in [0.717, 1.165) is 5.56 Å². The number of aliphatic carboxylic acids is 1. The molecule has 26 heavy (non-hydrogen) atoms. The van der Waals surface area contributed by atoms with Crippen LogP contribution in [-0.4, -0.2) is 45.8 Å². The lowest BCUT2D eigenvalue weighted by Gasteiger charge is -2.46. The lowest BCUT2D eigenvalue weighted by atomic mass is 9.80. The summed E-state index contributed by atoms with van der Waals surface area (Å²) in [7, 11) is 0. The van der Waals surface area contributed by atoms with Crippen LogP contribution in [0, 0.1) is 0 Å². The van der Waals surface area contributed by atoms with Crippen molar-refractivity contribution in [3.63, 3.8) is 0 Å². The third kappa shape index (κ3) is 4.46. The van der Waals surface area contributed by atoms with Crippen molar-refractivity contribution >= 4 is 12.1 Å². The molecule has 8 nitrogen and oxygen atoms in total. The molecule has 1 heterocycles. The Bertz CT molecular complexity index is 710. The molecule has 1 aliphatic rings. The highest BCUT2D eigenvalue weighted by atomic mass is 16.6. The number of nitrogens with zero attached hydrogens (tertiary/aromatic N) is 4. The highest BCUT2D eigenvalue weighted by Gasteiger charge is 2.51. The average Bonchev–Trinajstić information content (AvgIpc) is 2.55. The Hall–Kier alpha value is -2.73. The third-order valence-electron chi connectivity index (χ3n) is 4.37. The predicted octanol–water partition coefficient (Wildman–Crippen LogP) is 3.76. The quantitative estimate of drug-likeness (QED) is 0.500. The smallest absolute Gasteiger partial charge is 0.411 e. The summed E-state index contributed by atoms with van der Waals surface area (Å²) in [5.74, 6) is -1.09. The fraction of sp³-hybridized carbons (Fsp3) is 0.556. The number of carboxylic acid groups (broad SMARTS) is 1. The van der Waals surface area contributed by atoms with Gasteiger partial charge in [0.15, 0.2) is 0 Å². The van der Waals surface area contributed by atoms with Gasteiger partial charge in [0.05, 0.1) is 6.04 Å². The molecule has 0 saturated carbocycles. The second-order valence-corrected chi connectivity index (χ2v) is 7.49. The molecule has 1 aromatic carbocycles. The SMILES string of the molecule is CC(C)(C)OC(=O)N1CC(N=[N+]=[N-])CCC1(Cc1ccccc1)C(=O)O. The van der Waals surface area contributed by atoms with Crippen molar-refractivity contribution in [1.82, 2.24) is 4.90 Å². The molecular formula is C18H24N4O4. The molecule has 1 N–H and O–H groups in total. The first kappa shape index (κ1) is 19.6. The van der Waals surface area contributed by atoms with Crippen LogP contribution in [0.25, 0.3) is 10.4 Å². The summed E-state index contributed by atoms with van der Waals surface area (Å²) in [5.41, 5.74) is 7.32. The molecule has 2 atom stereocenters. The molecule has 1 fully saturated rings. The zero-order chi connectivity index (χ0) is 19.4. The van der Waals surface area contributed by atoms with Crippen LogP contribution in [0.3, 0.4) is 0 Å². The second-order valence-electron chi connectivity index (χ2n) is 7.49. The molecule has 140 valence electrons. The molecule has 0 bridgehead atoms. The Balaban J connectivity index is 2.42. The number of piperidine rings is 1. The van der Waals surface area contributed by atoms with Gasteiger partial charge < -0.3 is 9.84 Å². The molecule has 2 rings (SSSR count). The van der Waals surface area contributed by atoms with Crippen LogP contribution in [-0.2, 0) is 16.0 Å². The maximum Gasteiger partial charge on any atom is 0.411 e. The molecule has 1 amide bonds. The second kappa shape index (κ2) is 7.66. The van der Waals surface area contributed by atoms with Crippen LogP contribution < -0.4 is 0 Å². The minimum absolute atomic E-state index is 0.0120. The monoisotopic (exact) mass is 360 g/mol. The summed E-state index contributed by atoms with van der Waals surface area (Å²) in [6.45, 7) is 5.18. The van der Waals surface area contributed by atoms with Crippen molar-refractivity contribution in [2.75, 3.05) is 6.54 Å². The first-order chi connectivity index (χ1) is 12.2. The van der Waals surface area contributed by atoms with Gasteiger partial charge in [-0.15, -0.1) is 0 Å². The van der Waals surface area contributed by atoms with E-state index in [2.05, 4.69) is 10.0 Å². The van der Waals surface area contributed by atoms with Crippen molar-refractivity contribution in [3.8, 4) is 0 Å². The first-order valence-corrected chi connectivity index (χ1v) is 8.50. The van der Waals surface area contributed by atoms with E-state index in [9.17, 15) is 14.7 Å². The fourth-order valence-corrected chi connectivity index (χ4v) is 3.17. The standard InChI is InChI=1S/C18H24N4O4/c1-17(2,3)26-16(25)22-12-14(20-21-19)9-10-18(22,15(23)24)11-13-7-5-4-6-8-13/h4-8,14H,9-12H2,1-3H3,(H,23,24). The number of carboxylic acids is 1. The number of hydrogen-bond acceptors (Lipinski definition) is 4. The zero-order valence-corrected chi connectivity index (χ0v) is 15.3. The first-order valence-electron chi connectivity index (χ1n) is 8.50. The number of carbonyl (C=O) groups is 2. The largest absolute Gasteiger partial charge is 0.479 e. The van der Waals surface area contributed by atoms with Crippen LogP contribution >= 0.6 is 0 Å². The Kier molecular flexibility index (Phi) is 5.77. The van der Waals surface area contributed by atoms with Gasteiger partial charge in [-0.1, -0.05) is 35.4 Å². The highest BCUT2D eigenvalue weighted by molar-refractivity contribution is 5.85. The third-order valence-corrected chi connectivity index (χ3v) is 4.37. The summed E-state index contributed by atoms with van der Waals surface area (Å²) < 4.78 is 5.44. The maximum atomic E-state index is 12.8. The summed E-state index contributed by atoms with van der Waals surface area (Å²) >= 11 is 0. The molecule has 1 aromatic rings. The van der Waals surface area contributed by atoms with Gasteiger partial charge >= 0.3 is 12.1 Å². The summed E-state index contributed by atoms with van der Waals surface area (Å²) in [4.78, 5) is 29.1. The van der Waals surface area contributed by atoms with E-state index in [0.29, 0.717) is 6.42 Å². The minimum atomic E-state index is -1.44. The number of carbonyl (C=O) groups excluding carboxylic acids is 1.